The molecule has 1 amide bonds. The van der Waals surface area contributed by atoms with E-state index in [2.05, 4.69) is 0 Å². The Morgan fingerprint density at radius 2 is 1.94 bits per heavy atom. The second kappa shape index (κ2) is 5.55. The number of hydrogen-bond acceptors (Lipinski definition) is 2. The van der Waals surface area contributed by atoms with Crippen LogP contribution in [0, 0.1) is 11.6 Å². The van der Waals surface area contributed by atoms with Crippen LogP contribution in [0.15, 0.2) is 18.2 Å². The molecule has 3 nitrogen and oxygen atoms in total. The lowest BCUT2D eigenvalue weighted by atomic mass is 10.1. The molecule has 0 fully saturated rings. The summed E-state index contributed by atoms with van der Waals surface area (Å²) in [7, 11) is 1.49. The first-order chi connectivity index (χ1) is 7.57. The van der Waals surface area contributed by atoms with Crippen LogP contribution in [-0.4, -0.2) is 30.9 Å². The zero-order valence-corrected chi connectivity index (χ0v) is 9.04. The molecule has 2 N–H and O–H groups in total. The molecule has 1 rings (SSSR count). The molecule has 0 saturated carbocycles. The lowest BCUT2D eigenvalue weighted by Gasteiger charge is -2.17. The monoisotopic (exact) mass is 228 g/mol. The van der Waals surface area contributed by atoms with Crippen LogP contribution in [0.2, 0.25) is 0 Å². The molecule has 0 saturated heterocycles. The molecule has 0 heterocycles. The maximum absolute atomic E-state index is 13.3. The molecule has 0 bridgehead atoms. The lowest BCUT2D eigenvalue weighted by molar-refractivity contribution is 0.0784. The van der Waals surface area contributed by atoms with E-state index in [0.717, 1.165) is 12.1 Å². The van der Waals surface area contributed by atoms with Gasteiger partial charge in [0.15, 0.2) is 0 Å². The third-order valence-electron chi connectivity index (χ3n) is 2.22. The number of benzene rings is 1. The molecule has 0 unspecified atom stereocenters. The fourth-order valence-electron chi connectivity index (χ4n) is 1.32. The summed E-state index contributed by atoms with van der Waals surface area (Å²) in [5.41, 5.74) is 4.78. The summed E-state index contributed by atoms with van der Waals surface area (Å²) in [5.74, 6) is -2.35. The number of carbonyl (C=O) groups excluding carboxylic acids is 1. The van der Waals surface area contributed by atoms with Gasteiger partial charge in [0.25, 0.3) is 5.91 Å². The SMILES string of the molecule is CN(CCCN)C(=O)c1c(F)cccc1F. The first-order valence-electron chi connectivity index (χ1n) is 4.97. The Kier molecular flexibility index (Phi) is 4.37. The van der Waals surface area contributed by atoms with Gasteiger partial charge in [-0.1, -0.05) is 6.07 Å². The molecule has 0 atom stereocenters. The second-order valence-electron chi connectivity index (χ2n) is 3.47. The van der Waals surface area contributed by atoms with Crippen LogP contribution < -0.4 is 5.73 Å². The van der Waals surface area contributed by atoms with Gasteiger partial charge in [0, 0.05) is 13.6 Å². The Balaban J connectivity index is 2.87. The van der Waals surface area contributed by atoms with E-state index in [1.54, 1.807) is 0 Å². The van der Waals surface area contributed by atoms with Crippen molar-refractivity contribution in [1.82, 2.24) is 4.90 Å². The highest BCUT2D eigenvalue weighted by atomic mass is 19.1. The zero-order valence-electron chi connectivity index (χ0n) is 9.04. The minimum absolute atomic E-state index is 0.378. The molecular formula is C11H14F2N2O. The molecule has 0 aliphatic heterocycles. The van der Waals surface area contributed by atoms with Crippen LogP contribution in [-0.2, 0) is 0 Å². The number of hydrogen-bond donors (Lipinski definition) is 1. The summed E-state index contributed by atoms with van der Waals surface area (Å²) >= 11 is 0. The summed E-state index contributed by atoms with van der Waals surface area (Å²) in [6.45, 7) is 0.806. The van der Waals surface area contributed by atoms with Gasteiger partial charge in [-0.3, -0.25) is 4.79 Å². The molecule has 16 heavy (non-hydrogen) atoms. The molecule has 1 aromatic rings. The molecule has 0 radical (unpaired) electrons. The van der Waals surface area contributed by atoms with Crippen LogP contribution >= 0.6 is 0 Å². The van der Waals surface area contributed by atoms with E-state index >= 15 is 0 Å². The van der Waals surface area contributed by atoms with E-state index in [1.165, 1.54) is 18.0 Å². The molecule has 0 spiro atoms. The second-order valence-corrected chi connectivity index (χ2v) is 3.47. The Morgan fingerprint density at radius 1 is 1.38 bits per heavy atom. The highest BCUT2D eigenvalue weighted by molar-refractivity contribution is 5.94. The molecule has 5 heteroatoms. The van der Waals surface area contributed by atoms with E-state index in [4.69, 9.17) is 5.73 Å². The van der Waals surface area contributed by atoms with Crippen molar-refractivity contribution >= 4 is 5.91 Å². The van der Waals surface area contributed by atoms with Crippen molar-refractivity contribution in [3.8, 4) is 0 Å². The minimum Gasteiger partial charge on any atom is -0.341 e. The number of carbonyl (C=O) groups is 1. The van der Waals surface area contributed by atoms with Crippen LogP contribution in [0.5, 0.6) is 0 Å². The summed E-state index contributed by atoms with van der Waals surface area (Å²) in [6.07, 6.45) is 0.596. The average Bonchev–Trinajstić information content (AvgIpc) is 2.25. The largest absolute Gasteiger partial charge is 0.341 e. The zero-order chi connectivity index (χ0) is 12.1. The lowest BCUT2D eigenvalue weighted by Crippen LogP contribution is -2.30. The summed E-state index contributed by atoms with van der Waals surface area (Å²) in [6, 6.07) is 3.35. The Bertz CT molecular complexity index is 362. The number of amides is 1. The van der Waals surface area contributed by atoms with E-state index in [9.17, 15) is 13.6 Å². The van der Waals surface area contributed by atoms with Crippen molar-refractivity contribution in [3.05, 3.63) is 35.4 Å². The van der Waals surface area contributed by atoms with Crippen molar-refractivity contribution in [3.63, 3.8) is 0 Å². The number of halogens is 2. The predicted octanol–water partition coefficient (Wildman–Crippen LogP) is 1.39. The number of nitrogens with two attached hydrogens (primary N) is 1. The Labute approximate surface area is 92.8 Å². The van der Waals surface area contributed by atoms with Crippen LogP contribution in [0.25, 0.3) is 0 Å². The fraction of sp³-hybridized carbons (Fsp3) is 0.364. The van der Waals surface area contributed by atoms with Crippen molar-refractivity contribution in [1.29, 1.82) is 0 Å². The van der Waals surface area contributed by atoms with Crippen LogP contribution in [0.3, 0.4) is 0 Å². The summed E-state index contributed by atoms with van der Waals surface area (Å²) in [5, 5.41) is 0. The Hall–Kier alpha value is -1.49. The third kappa shape index (κ3) is 2.76. The van der Waals surface area contributed by atoms with E-state index in [0.29, 0.717) is 19.5 Å². The standard InChI is InChI=1S/C11H14F2N2O/c1-15(7-3-6-14)11(16)10-8(12)4-2-5-9(10)13/h2,4-5H,3,6-7,14H2,1H3. The van der Waals surface area contributed by atoms with Crippen molar-refractivity contribution in [2.75, 3.05) is 20.1 Å². The summed E-state index contributed by atoms with van der Waals surface area (Å²) < 4.78 is 26.5. The van der Waals surface area contributed by atoms with Gasteiger partial charge in [-0.2, -0.15) is 0 Å². The van der Waals surface area contributed by atoms with Gasteiger partial charge in [0.1, 0.15) is 17.2 Å². The Morgan fingerprint density at radius 3 is 2.44 bits per heavy atom. The smallest absolute Gasteiger partial charge is 0.259 e. The van der Waals surface area contributed by atoms with Gasteiger partial charge in [-0.05, 0) is 25.1 Å². The fourth-order valence-corrected chi connectivity index (χ4v) is 1.32. The topological polar surface area (TPSA) is 46.3 Å². The van der Waals surface area contributed by atoms with Crippen LogP contribution in [0.4, 0.5) is 8.78 Å². The minimum atomic E-state index is -0.843. The highest BCUT2D eigenvalue weighted by Crippen LogP contribution is 2.14. The van der Waals surface area contributed by atoms with E-state index < -0.39 is 23.1 Å². The van der Waals surface area contributed by atoms with E-state index in [-0.39, 0.29) is 0 Å². The maximum atomic E-state index is 13.3. The van der Waals surface area contributed by atoms with Gasteiger partial charge < -0.3 is 10.6 Å². The van der Waals surface area contributed by atoms with Gasteiger partial charge >= 0.3 is 0 Å². The summed E-state index contributed by atoms with van der Waals surface area (Å²) in [4.78, 5) is 13.0. The predicted molar refractivity (Wildman–Crippen MR) is 57.0 cm³/mol. The van der Waals surface area contributed by atoms with Gasteiger partial charge in [-0.15, -0.1) is 0 Å². The molecule has 1 aromatic carbocycles. The van der Waals surface area contributed by atoms with Crippen molar-refractivity contribution in [2.24, 2.45) is 5.73 Å². The average molecular weight is 228 g/mol. The number of rotatable bonds is 4. The molecular weight excluding hydrogens is 214 g/mol. The third-order valence-corrected chi connectivity index (χ3v) is 2.22. The van der Waals surface area contributed by atoms with Crippen molar-refractivity contribution in [2.45, 2.75) is 6.42 Å². The normalized spacial score (nSPS) is 10.2. The molecule has 0 aliphatic rings. The van der Waals surface area contributed by atoms with Gasteiger partial charge in [0.05, 0.1) is 0 Å². The highest BCUT2D eigenvalue weighted by Gasteiger charge is 2.19. The van der Waals surface area contributed by atoms with E-state index in [1.807, 2.05) is 0 Å². The first kappa shape index (κ1) is 12.6. The maximum Gasteiger partial charge on any atom is 0.259 e. The molecule has 88 valence electrons. The van der Waals surface area contributed by atoms with Gasteiger partial charge in [-0.25, -0.2) is 8.78 Å². The van der Waals surface area contributed by atoms with Crippen molar-refractivity contribution < 1.29 is 13.6 Å². The quantitative estimate of drug-likeness (QED) is 0.846. The number of nitrogens with zero attached hydrogens (tertiary/aromatic N) is 1. The first-order valence-corrected chi connectivity index (χ1v) is 4.97. The van der Waals surface area contributed by atoms with Gasteiger partial charge in [0.2, 0.25) is 0 Å². The molecule has 0 aromatic heterocycles. The van der Waals surface area contributed by atoms with Crippen LogP contribution in [0.1, 0.15) is 16.8 Å². The molecule has 0 aliphatic carbocycles.